The molecule has 2 nitrogen and oxygen atoms in total. The Hall–Kier alpha value is -0.720. The van der Waals surface area contributed by atoms with Crippen LogP contribution in [0.3, 0.4) is 0 Å². The maximum Gasteiger partial charge on any atom is 0.224 e. The summed E-state index contributed by atoms with van der Waals surface area (Å²) in [5.74, 6) is -1.84. The monoisotopic (exact) mass is 367 g/mol. The maximum absolute atomic E-state index is 13.4. The number of carbonyl (C=O) groups is 1. The van der Waals surface area contributed by atoms with E-state index in [1.807, 2.05) is 13.8 Å². The van der Waals surface area contributed by atoms with E-state index in [9.17, 15) is 13.6 Å². The fourth-order valence-electron chi connectivity index (χ4n) is 1.50. The van der Waals surface area contributed by atoms with Crippen LogP contribution in [-0.2, 0) is 11.2 Å². The number of hydrogen-bond donors (Lipinski definition) is 1. The second kappa shape index (κ2) is 7.01. The molecule has 0 aliphatic heterocycles. The molecule has 1 aromatic carbocycles. The number of nitrogens with one attached hydrogen (secondary N) is 1. The first-order chi connectivity index (χ1) is 8.45. The lowest BCUT2D eigenvalue weighted by Crippen LogP contribution is -2.40. The Bertz CT molecular complexity index is 423. The fraction of sp³-hybridized carbons (Fsp3) is 0.462. The van der Waals surface area contributed by atoms with Crippen LogP contribution < -0.4 is 5.32 Å². The largest absolute Gasteiger partial charge is 0.352 e. The third kappa shape index (κ3) is 4.19. The molecule has 0 saturated heterocycles. The lowest BCUT2D eigenvalue weighted by atomic mass is 10.1. The SMILES string of the molecule is CC(C)C(CI)NC(=O)Cc1cccc(F)c1F. The fourth-order valence-corrected chi connectivity index (χ4v) is 2.74. The zero-order chi connectivity index (χ0) is 13.7. The summed E-state index contributed by atoms with van der Waals surface area (Å²) in [5.41, 5.74) is 0.0865. The molecule has 1 atom stereocenters. The van der Waals surface area contributed by atoms with Crippen molar-refractivity contribution >= 4 is 28.5 Å². The van der Waals surface area contributed by atoms with E-state index in [2.05, 4.69) is 27.9 Å². The van der Waals surface area contributed by atoms with Gasteiger partial charge in [-0.05, 0) is 12.0 Å². The molecule has 1 aromatic rings. The number of halogens is 3. The highest BCUT2D eigenvalue weighted by molar-refractivity contribution is 14.1. The molecule has 18 heavy (non-hydrogen) atoms. The van der Waals surface area contributed by atoms with Crippen LogP contribution in [0.2, 0.25) is 0 Å². The minimum Gasteiger partial charge on any atom is -0.352 e. The van der Waals surface area contributed by atoms with Crippen LogP contribution in [-0.4, -0.2) is 16.4 Å². The Labute approximate surface area is 119 Å². The molecule has 0 heterocycles. The second-order valence-corrected chi connectivity index (χ2v) is 5.34. The van der Waals surface area contributed by atoms with Gasteiger partial charge in [0.25, 0.3) is 0 Å². The topological polar surface area (TPSA) is 29.1 Å². The molecule has 5 heteroatoms. The van der Waals surface area contributed by atoms with Gasteiger partial charge in [0.2, 0.25) is 5.91 Å². The number of alkyl halides is 1. The smallest absolute Gasteiger partial charge is 0.224 e. The Morgan fingerprint density at radius 3 is 2.61 bits per heavy atom. The van der Waals surface area contributed by atoms with Crippen molar-refractivity contribution in [3.05, 3.63) is 35.4 Å². The van der Waals surface area contributed by atoms with Crippen molar-refractivity contribution < 1.29 is 13.6 Å². The van der Waals surface area contributed by atoms with E-state index >= 15 is 0 Å². The van der Waals surface area contributed by atoms with Gasteiger partial charge in [-0.1, -0.05) is 48.6 Å². The van der Waals surface area contributed by atoms with Crippen LogP contribution in [0.5, 0.6) is 0 Å². The quantitative estimate of drug-likeness (QED) is 0.629. The molecule has 0 aromatic heterocycles. The van der Waals surface area contributed by atoms with Crippen molar-refractivity contribution in [2.45, 2.75) is 26.3 Å². The van der Waals surface area contributed by atoms with E-state index in [1.165, 1.54) is 12.1 Å². The number of rotatable bonds is 5. The predicted octanol–water partition coefficient (Wildman–Crippen LogP) is 3.08. The summed E-state index contributed by atoms with van der Waals surface area (Å²) in [7, 11) is 0. The molecule has 1 rings (SSSR count). The summed E-state index contributed by atoms with van der Waals surface area (Å²) >= 11 is 2.19. The minimum atomic E-state index is -0.941. The summed E-state index contributed by atoms with van der Waals surface area (Å²) in [6.07, 6.45) is -0.135. The van der Waals surface area contributed by atoms with E-state index < -0.39 is 11.6 Å². The van der Waals surface area contributed by atoms with Crippen molar-refractivity contribution in [3.8, 4) is 0 Å². The molecule has 0 saturated carbocycles. The molecular weight excluding hydrogens is 351 g/mol. The van der Waals surface area contributed by atoms with E-state index in [4.69, 9.17) is 0 Å². The van der Waals surface area contributed by atoms with Crippen molar-refractivity contribution in [2.24, 2.45) is 5.92 Å². The van der Waals surface area contributed by atoms with Gasteiger partial charge < -0.3 is 5.32 Å². The first kappa shape index (κ1) is 15.3. The Balaban J connectivity index is 2.67. The van der Waals surface area contributed by atoms with Gasteiger partial charge in [-0.2, -0.15) is 0 Å². The zero-order valence-electron chi connectivity index (χ0n) is 10.3. The maximum atomic E-state index is 13.4. The van der Waals surface area contributed by atoms with Gasteiger partial charge in [-0.25, -0.2) is 8.78 Å². The third-order valence-corrected chi connectivity index (χ3v) is 3.65. The Kier molecular flexibility index (Phi) is 5.98. The molecule has 1 amide bonds. The summed E-state index contributed by atoms with van der Waals surface area (Å²) in [6.45, 7) is 4.01. The van der Waals surface area contributed by atoms with Gasteiger partial charge in [0.1, 0.15) is 0 Å². The van der Waals surface area contributed by atoms with E-state index in [0.29, 0.717) is 5.92 Å². The first-order valence-electron chi connectivity index (χ1n) is 5.74. The lowest BCUT2D eigenvalue weighted by molar-refractivity contribution is -0.121. The molecule has 0 spiro atoms. The molecule has 1 unspecified atom stereocenters. The minimum absolute atomic E-state index is 0.0507. The second-order valence-electron chi connectivity index (χ2n) is 4.46. The highest BCUT2D eigenvalue weighted by Gasteiger charge is 2.17. The molecule has 1 N–H and O–H groups in total. The van der Waals surface area contributed by atoms with E-state index in [0.717, 1.165) is 10.5 Å². The number of amides is 1. The molecule has 0 fully saturated rings. The summed E-state index contributed by atoms with van der Waals surface area (Å²) in [6, 6.07) is 3.92. The Morgan fingerprint density at radius 1 is 1.39 bits per heavy atom. The number of carbonyl (C=O) groups excluding carboxylic acids is 1. The normalized spacial score (nSPS) is 12.6. The average Bonchev–Trinajstić information content (AvgIpc) is 2.31. The summed E-state index contributed by atoms with van der Waals surface area (Å²) < 4.78 is 27.1. The van der Waals surface area contributed by atoms with E-state index in [-0.39, 0.29) is 23.9 Å². The van der Waals surface area contributed by atoms with Crippen LogP contribution >= 0.6 is 22.6 Å². The Morgan fingerprint density at radius 2 is 2.06 bits per heavy atom. The van der Waals surface area contributed by atoms with Crippen molar-refractivity contribution in [2.75, 3.05) is 4.43 Å². The van der Waals surface area contributed by atoms with Crippen LogP contribution in [0.25, 0.3) is 0 Å². The van der Waals surface area contributed by atoms with Gasteiger partial charge in [0.05, 0.1) is 6.42 Å². The third-order valence-electron chi connectivity index (χ3n) is 2.70. The molecule has 0 radical (unpaired) electrons. The van der Waals surface area contributed by atoms with Crippen LogP contribution in [0.1, 0.15) is 19.4 Å². The van der Waals surface area contributed by atoms with Crippen LogP contribution in [0.4, 0.5) is 8.78 Å². The summed E-state index contributed by atoms with van der Waals surface area (Å²) in [4.78, 5) is 11.7. The van der Waals surface area contributed by atoms with Gasteiger partial charge in [0.15, 0.2) is 11.6 Å². The predicted molar refractivity (Wildman–Crippen MR) is 75.7 cm³/mol. The molecule has 0 bridgehead atoms. The first-order valence-corrected chi connectivity index (χ1v) is 7.26. The molecule has 0 aliphatic rings. The van der Waals surface area contributed by atoms with Crippen molar-refractivity contribution in [3.63, 3.8) is 0 Å². The van der Waals surface area contributed by atoms with E-state index in [1.54, 1.807) is 0 Å². The van der Waals surface area contributed by atoms with Gasteiger partial charge in [0, 0.05) is 16.0 Å². The molecule has 100 valence electrons. The lowest BCUT2D eigenvalue weighted by Gasteiger charge is -2.20. The van der Waals surface area contributed by atoms with Crippen LogP contribution in [0.15, 0.2) is 18.2 Å². The summed E-state index contributed by atoms with van der Waals surface area (Å²) in [5, 5.41) is 2.83. The van der Waals surface area contributed by atoms with Crippen molar-refractivity contribution in [1.82, 2.24) is 5.32 Å². The number of benzene rings is 1. The standard InChI is InChI=1S/C13H16F2INO/c1-8(2)11(7-16)17-12(18)6-9-4-3-5-10(14)13(9)15/h3-5,8,11H,6-7H2,1-2H3,(H,17,18). The highest BCUT2D eigenvalue weighted by Crippen LogP contribution is 2.12. The highest BCUT2D eigenvalue weighted by atomic mass is 127. The van der Waals surface area contributed by atoms with Gasteiger partial charge in [-0.3, -0.25) is 4.79 Å². The van der Waals surface area contributed by atoms with Crippen LogP contribution in [0, 0.1) is 17.6 Å². The molecular formula is C13H16F2INO. The number of hydrogen-bond acceptors (Lipinski definition) is 1. The van der Waals surface area contributed by atoms with Gasteiger partial charge in [-0.15, -0.1) is 0 Å². The zero-order valence-corrected chi connectivity index (χ0v) is 12.5. The van der Waals surface area contributed by atoms with Gasteiger partial charge >= 0.3 is 0 Å². The molecule has 0 aliphatic carbocycles. The average molecular weight is 367 g/mol. The van der Waals surface area contributed by atoms with Crippen molar-refractivity contribution in [1.29, 1.82) is 0 Å².